The van der Waals surface area contributed by atoms with Gasteiger partial charge >= 0.3 is 0 Å². The minimum Gasteiger partial charge on any atom is -0.385 e. The number of amides is 1. The summed E-state index contributed by atoms with van der Waals surface area (Å²) in [5.74, 6) is 0.748. The van der Waals surface area contributed by atoms with Gasteiger partial charge < -0.3 is 14.2 Å². The highest BCUT2D eigenvalue weighted by atomic mass is 19.1. The molecule has 32 heavy (non-hydrogen) atoms. The van der Waals surface area contributed by atoms with Crippen molar-refractivity contribution < 1.29 is 18.4 Å². The fourth-order valence-electron chi connectivity index (χ4n) is 4.34. The number of hydrogen-bond donors (Lipinski definition) is 0. The summed E-state index contributed by atoms with van der Waals surface area (Å²) in [7, 11) is 1.67. The summed E-state index contributed by atoms with van der Waals surface area (Å²) in [4.78, 5) is 19.6. The number of methoxy groups -OCH3 is 1. The SMILES string of the molecule is COCCC1(c2noc(-c3ccc(F)cc3)n2)CCCN(C(=O)CCc2ccccc2)C1. The Labute approximate surface area is 187 Å². The first-order valence-electron chi connectivity index (χ1n) is 11.0. The van der Waals surface area contributed by atoms with Crippen LogP contribution in [0.5, 0.6) is 0 Å². The van der Waals surface area contributed by atoms with Gasteiger partial charge in [-0.15, -0.1) is 0 Å². The lowest BCUT2D eigenvalue weighted by Crippen LogP contribution is -2.49. The number of piperidine rings is 1. The number of hydrogen-bond acceptors (Lipinski definition) is 5. The molecule has 1 unspecified atom stereocenters. The van der Waals surface area contributed by atoms with Crippen LogP contribution in [0.3, 0.4) is 0 Å². The van der Waals surface area contributed by atoms with Gasteiger partial charge in [0.25, 0.3) is 5.89 Å². The summed E-state index contributed by atoms with van der Waals surface area (Å²) in [6.07, 6.45) is 3.59. The van der Waals surface area contributed by atoms with Crippen LogP contribution in [0.1, 0.15) is 37.1 Å². The first kappa shape index (κ1) is 22.1. The number of carbonyl (C=O) groups excluding carboxylic acids is 1. The van der Waals surface area contributed by atoms with Crippen LogP contribution in [-0.2, 0) is 21.4 Å². The summed E-state index contributed by atoms with van der Waals surface area (Å²) in [5, 5.41) is 4.28. The molecule has 1 saturated heterocycles. The summed E-state index contributed by atoms with van der Waals surface area (Å²) in [6, 6.07) is 16.0. The molecule has 1 aliphatic rings. The molecule has 0 radical (unpaired) electrons. The van der Waals surface area contributed by atoms with Crippen LogP contribution in [0.25, 0.3) is 11.5 Å². The van der Waals surface area contributed by atoms with Crippen molar-refractivity contribution in [3.63, 3.8) is 0 Å². The maximum absolute atomic E-state index is 13.3. The molecule has 6 nitrogen and oxygen atoms in total. The second-order valence-corrected chi connectivity index (χ2v) is 8.36. The molecule has 1 aromatic heterocycles. The molecular formula is C25H28FN3O3. The third-order valence-corrected chi connectivity index (χ3v) is 6.18. The highest BCUT2D eigenvalue weighted by molar-refractivity contribution is 5.76. The van der Waals surface area contributed by atoms with E-state index in [9.17, 15) is 9.18 Å². The van der Waals surface area contributed by atoms with Gasteiger partial charge in [0, 0.05) is 38.8 Å². The van der Waals surface area contributed by atoms with Crippen molar-refractivity contribution in [3.05, 3.63) is 71.8 Å². The van der Waals surface area contributed by atoms with E-state index in [1.165, 1.54) is 12.1 Å². The third kappa shape index (κ3) is 5.05. The topological polar surface area (TPSA) is 68.5 Å². The lowest BCUT2D eigenvalue weighted by atomic mass is 9.76. The molecular weight excluding hydrogens is 409 g/mol. The first-order valence-corrected chi connectivity index (χ1v) is 11.0. The zero-order valence-corrected chi connectivity index (χ0v) is 18.3. The Bertz CT molecular complexity index is 1020. The van der Waals surface area contributed by atoms with Crippen LogP contribution < -0.4 is 0 Å². The Kier molecular flexibility index (Phi) is 6.95. The van der Waals surface area contributed by atoms with Crippen LogP contribution in [0.15, 0.2) is 59.1 Å². The molecule has 1 atom stereocenters. The van der Waals surface area contributed by atoms with Crippen LogP contribution >= 0.6 is 0 Å². The maximum Gasteiger partial charge on any atom is 0.257 e. The minimum absolute atomic E-state index is 0.137. The van der Waals surface area contributed by atoms with Gasteiger partial charge in [-0.05, 0) is 55.5 Å². The van der Waals surface area contributed by atoms with E-state index in [1.54, 1.807) is 19.2 Å². The molecule has 0 bridgehead atoms. The fourth-order valence-corrected chi connectivity index (χ4v) is 4.34. The standard InChI is InChI=1S/C25H28FN3O3/c1-31-17-15-25(24-27-23(32-28-24)20-9-11-21(26)12-10-20)14-5-16-29(18-25)22(30)13-8-19-6-3-2-4-7-19/h2-4,6-7,9-12H,5,8,13-18H2,1H3. The lowest BCUT2D eigenvalue weighted by molar-refractivity contribution is -0.133. The van der Waals surface area contributed by atoms with Gasteiger partial charge in [0.1, 0.15) is 5.82 Å². The van der Waals surface area contributed by atoms with Crippen LogP contribution in [0.4, 0.5) is 4.39 Å². The number of carbonyl (C=O) groups is 1. The number of halogens is 1. The predicted molar refractivity (Wildman–Crippen MR) is 118 cm³/mol. The Balaban J connectivity index is 1.51. The van der Waals surface area contributed by atoms with Crippen LogP contribution in [0.2, 0.25) is 0 Å². The second kappa shape index (κ2) is 10.0. The maximum atomic E-state index is 13.3. The molecule has 3 aromatic rings. The van der Waals surface area contributed by atoms with Gasteiger partial charge in [-0.25, -0.2) is 4.39 Å². The number of aromatic nitrogens is 2. The molecule has 4 rings (SSSR count). The van der Waals surface area contributed by atoms with Crippen molar-refractivity contribution in [3.8, 4) is 11.5 Å². The summed E-state index contributed by atoms with van der Waals surface area (Å²) in [5.41, 5.74) is 1.39. The van der Waals surface area contributed by atoms with Crippen molar-refractivity contribution in [1.82, 2.24) is 15.0 Å². The van der Waals surface area contributed by atoms with Gasteiger partial charge in [-0.3, -0.25) is 4.79 Å². The molecule has 1 amide bonds. The Morgan fingerprint density at radius 3 is 2.72 bits per heavy atom. The number of nitrogens with zero attached hydrogens (tertiary/aromatic N) is 3. The highest BCUT2D eigenvalue weighted by Gasteiger charge is 2.42. The zero-order valence-electron chi connectivity index (χ0n) is 18.3. The van der Waals surface area contributed by atoms with Crippen LogP contribution in [0, 0.1) is 5.82 Å². The number of ether oxygens (including phenoxy) is 1. The highest BCUT2D eigenvalue weighted by Crippen LogP contribution is 2.37. The van der Waals surface area contributed by atoms with E-state index in [4.69, 9.17) is 9.26 Å². The van der Waals surface area contributed by atoms with Crippen molar-refractivity contribution in [1.29, 1.82) is 0 Å². The largest absolute Gasteiger partial charge is 0.385 e. The quantitative estimate of drug-likeness (QED) is 0.522. The van der Waals surface area contributed by atoms with Crippen molar-refractivity contribution in [2.24, 2.45) is 0 Å². The Morgan fingerprint density at radius 1 is 1.19 bits per heavy atom. The fraction of sp³-hybridized carbons (Fsp3) is 0.400. The Morgan fingerprint density at radius 2 is 1.97 bits per heavy atom. The van der Waals surface area contributed by atoms with Crippen molar-refractivity contribution in [2.45, 2.75) is 37.5 Å². The number of rotatable bonds is 8. The average Bonchev–Trinajstić information content (AvgIpc) is 3.33. The third-order valence-electron chi connectivity index (χ3n) is 6.18. The Hall–Kier alpha value is -3.06. The summed E-state index contributed by atoms with van der Waals surface area (Å²) in [6.45, 7) is 1.80. The van der Waals surface area contributed by atoms with Crippen molar-refractivity contribution >= 4 is 5.91 Å². The monoisotopic (exact) mass is 437 g/mol. The van der Waals surface area contributed by atoms with E-state index in [2.05, 4.69) is 10.1 Å². The molecule has 168 valence electrons. The molecule has 2 heterocycles. The minimum atomic E-state index is -0.432. The normalized spacial score (nSPS) is 18.6. The summed E-state index contributed by atoms with van der Waals surface area (Å²) < 4.78 is 24.2. The zero-order chi connectivity index (χ0) is 22.4. The number of aryl methyl sites for hydroxylation is 1. The van der Waals surface area contributed by atoms with E-state index >= 15 is 0 Å². The van der Waals surface area contributed by atoms with Gasteiger partial charge in [0.15, 0.2) is 5.82 Å². The van der Waals surface area contributed by atoms with Gasteiger partial charge in [-0.1, -0.05) is 35.5 Å². The number of benzene rings is 2. The second-order valence-electron chi connectivity index (χ2n) is 8.36. The van der Waals surface area contributed by atoms with Crippen LogP contribution in [-0.4, -0.2) is 47.8 Å². The van der Waals surface area contributed by atoms with E-state index in [0.717, 1.165) is 31.4 Å². The molecule has 1 fully saturated rings. The predicted octanol–water partition coefficient (Wildman–Crippen LogP) is 4.41. The average molecular weight is 438 g/mol. The molecule has 0 saturated carbocycles. The molecule has 0 N–H and O–H groups in total. The molecule has 0 spiro atoms. The molecule has 1 aliphatic heterocycles. The molecule has 7 heteroatoms. The van der Waals surface area contributed by atoms with E-state index < -0.39 is 5.41 Å². The molecule has 2 aromatic carbocycles. The number of likely N-dealkylation sites (tertiary alicyclic amines) is 1. The smallest absolute Gasteiger partial charge is 0.257 e. The van der Waals surface area contributed by atoms with Gasteiger partial charge in [0.2, 0.25) is 5.91 Å². The van der Waals surface area contributed by atoms with E-state index in [1.807, 2.05) is 35.2 Å². The lowest BCUT2D eigenvalue weighted by Gasteiger charge is -2.41. The van der Waals surface area contributed by atoms with E-state index in [0.29, 0.717) is 43.3 Å². The summed E-state index contributed by atoms with van der Waals surface area (Å²) >= 11 is 0. The van der Waals surface area contributed by atoms with Gasteiger partial charge in [0.05, 0.1) is 5.41 Å². The molecule has 0 aliphatic carbocycles. The van der Waals surface area contributed by atoms with Gasteiger partial charge in [-0.2, -0.15) is 4.98 Å². The van der Waals surface area contributed by atoms with E-state index in [-0.39, 0.29) is 11.7 Å². The first-order chi connectivity index (χ1) is 15.6. The van der Waals surface area contributed by atoms with Crippen molar-refractivity contribution in [2.75, 3.05) is 26.8 Å².